The molecule has 1 fully saturated rings. The van der Waals surface area contributed by atoms with Crippen LogP contribution < -0.4 is 5.32 Å². The minimum absolute atomic E-state index is 0.177. The van der Waals surface area contributed by atoms with Crippen LogP contribution in [0.2, 0.25) is 5.02 Å². The third kappa shape index (κ3) is 2.90. The summed E-state index contributed by atoms with van der Waals surface area (Å²) in [5.74, 6) is 0.274. The number of nitrogens with zero attached hydrogens (tertiary/aromatic N) is 1. The maximum absolute atomic E-state index is 12.0. The molecular weight excluding hydrogens is 259 g/mol. The summed E-state index contributed by atoms with van der Waals surface area (Å²) < 4.78 is 0. The number of carbonyl (C=O) groups is 1. The zero-order valence-electron chi connectivity index (χ0n) is 9.38. The highest BCUT2D eigenvalue weighted by Gasteiger charge is 2.34. The van der Waals surface area contributed by atoms with Gasteiger partial charge in [-0.3, -0.25) is 4.79 Å². The van der Waals surface area contributed by atoms with Crippen molar-refractivity contribution in [3.63, 3.8) is 0 Å². The molecule has 17 heavy (non-hydrogen) atoms. The number of amides is 1. The lowest BCUT2D eigenvalue weighted by molar-refractivity contribution is 0.0904. The first-order chi connectivity index (χ1) is 8.15. The predicted octanol–water partition coefficient (Wildman–Crippen LogP) is 3.02. The van der Waals surface area contributed by atoms with E-state index in [2.05, 4.69) is 10.3 Å². The first-order valence-corrected chi connectivity index (χ1v) is 6.56. The number of halogens is 2. The van der Waals surface area contributed by atoms with Crippen LogP contribution in [0, 0.1) is 0 Å². The smallest absolute Gasteiger partial charge is 0.270 e. The first-order valence-electron chi connectivity index (χ1n) is 5.65. The van der Waals surface area contributed by atoms with Crippen LogP contribution in [0.25, 0.3) is 0 Å². The zero-order chi connectivity index (χ0) is 12.3. The van der Waals surface area contributed by atoms with Crippen molar-refractivity contribution in [3.8, 4) is 0 Å². The van der Waals surface area contributed by atoms with Crippen LogP contribution in [0.3, 0.4) is 0 Å². The monoisotopic (exact) mass is 272 g/mol. The van der Waals surface area contributed by atoms with E-state index in [-0.39, 0.29) is 11.4 Å². The van der Waals surface area contributed by atoms with Gasteiger partial charge in [0.2, 0.25) is 0 Å². The Bertz CT molecular complexity index is 399. The Balaban J connectivity index is 2.08. The maximum Gasteiger partial charge on any atom is 0.270 e. The quantitative estimate of drug-likeness (QED) is 0.860. The van der Waals surface area contributed by atoms with E-state index >= 15 is 0 Å². The minimum Gasteiger partial charge on any atom is -0.344 e. The van der Waals surface area contributed by atoms with Gasteiger partial charge in [0.05, 0.1) is 10.6 Å². The van der Waals surface area contributed by atoms with Gasteiger partial charge in [-0.1, -0.05) is 24.4 Å². The molecule has 92 valence electrons. The van der Waals surface area contributed by atoms with Crippen LogP contribution >= 0.6 is 23.2 Å². The van der Waals surface area contributed by atoms with Crippen molar-refractivity contribution < 1.29 is 4.79 Å². The van der Waals surface area contributed by atoms with E-state index in [0.717, 1.165) is 25.7 Å². The summed E-state index contributed by atoms with van der Waals surface area (Å²) in [6.07, 6.45) is 5.58. The Hall–Kier alpha value is -0.800. The van der Waals surface area contributed by atoms with Gasteiger partial charge >= 0.3 is 0 Å². The Morgan fingerprint density at radius 2 is 2.12 bits per heavy atom. The van der Waals surface area contributed by atoms with Gasteiger partial charge < -0.3 is 5.32 Å². The predicted molar refractivity (Wildman–Crippen MR) is 68.6 cm³/mol. The molecule has 0 spiro atoms. The van der Waals surface area contributed by atoms with Crippen molar-refractivity contribution in [2.45, 2.75) is 31.2 Å². The molecule has 0 radical (unpaired) electrons. The molecule has 0 unspecified atom stereocenters. The highest BCUT2D eigenvalue weighted by molar-refractivity contribution is 6.30. The Morgan fingerprint density at radius 3 is 2.65 bits per heavy atom. The number of carbonyl (C=O) groups excluding carboxylic acids is 1. The van der Waals surface area contributed by atoms with E-state index in [0.29, 0.717) is 16.6 Å². The van der Waals surface area contributed by atoms with Crippen LogP contribution in [-0.2, 0) is 0 Å². The maximum atomic E-state index is 12.0. The molecule has 5 heteroatoms. The number of hydrogen-bond acceptors (Lipinski definition) is 2. The lowest BCUT2D eigenvalue weighted by Crippen LogP contribution is -2.48. The van der Waals surface area contributed by atoms with Crippen molar-refractivity contribution in [2.24, 2.45) is 0 Å². The van der Waals surface area contributed by atoms with E-state index in [4.69, 9.17) is 23.2 Å². The standard InChI is InChI=1S/C12H14Cl2N2O/c13-8-12(5-1-2-6-12)16-11(17)10-4-3-9(14)7-15-10/h3-4,7H,1-2,5-6,8H2,(H,16,17). The van der Waals surface area contributed by atoms with Crippen LogP contribution in [-0.4, -0.2) is 22.3 Å². The molecular formula is C12H14Cl2N2O. The number of rotatable bonds is 3. The molecule has 1 aromatic heterocycles. The molecule has 0 aliphatic heterocycles. The third-order valence-corrected chi connectivity index (χ3v) is 3.89. The Morgan fingerprint density at radius 1 is 1.41 bits per heavy atom. The van der Waals surface area contributed by atoms with Crippen LogP contribution in [0.4, 0.5) is 0 Å². The van der Waals surface area contributed by atoms with Crippen LogP contribution in [0.15, 0.2) is 18.3 Å². The van der Waals surface area contributed by atoms with Gasteiger partial charge in [-0.25, -0.2) is 4.98 Å². The number of aromatic nitrogens is 1. The number of hydrogen-bond donors (Lipinski definition) is 1. The fourth-order valence-electron chi connectivity index (χ4n) is 2.16. The van der Waals surface area contributed by atoms with Crippen molar-refractivity contribution in [1.29, 1.82) is 0 Å². The molecule has 1 aromatic rings. The highest BCUT2D eigenvalue weighted by Crippen LogP contribution is 2.30. The summed E-state index contributed by atoms with van der Waals surface area (Å²) in [6.45, 7) is 0. The summed E-state index contributed by atoms with van der Waals surface area (Å²) in [5.41, 5.74) is 0.130. The summed E-state index contributed by atoms with van der Waals surface area (Å²) in [7, 11) is 0. The van der Waals surface area contributed by atoms with Gasteiger partial charge in [-0.2, -0.15) is 0 Å². The average molecular weight is 273 g/mol. The fraction of sp³-hybridized carbons (Fsp3) is 0.500. The summed E-state index contributed by atoms with van der Waals surface area (Å²) in [6, 6.07) is 3.28. The van der Waals surface area contributed by atoms with Crippen molar-refractivity contribution in [3.05, 3.63) is 29.0 Å². The summed E-state index contributed by atoms with van der Waals surface area (Å²) >= 11 is 11.7. The van der Waals surface area contributed by atoms with Gasteiger partial charge in [0.1, 0.15) is 5.69 Å². The van der Waals surface area contributed by atoms with Crippen molar-refractivity contribution >= 4 is 29.1 Å². The molecule has 1 heterocycles. The molecule has 0 bridgehead atoms. The van der Waals surface area contributed by atoms with Crippen LogP contribution in [0.5, 0.6) is 0 Å². The SMILES string of the molecule is O=C(NC1(CCl)CCCC1)c1ccc(Cl)cn1. The molecule has 0 atom stereocenters. The van der Waals surface area contributed by atoms with E-state index in [1.165, 1.54) is 6.20 Å². The topological polar surface area (TPSA) is 42.0 Å². The number of pyridine rings is 1. The largest absolute Gasteiger partial charge is 0.344 e. The molecule has 1 aliphatic rings. The minimum atomic E-state index is -0.250. The number of alkyl halides is 1. The third-order valence-electron chi connectivity index (χ3n) is 3.16. The van der Waals surface area contributed by atoms with E-state index in [9.17, 15) is 4.79 Å². The van der Waals surface area contributed by atoms with E-state index in [1.807, 2.05) is 0 Å². The molecule has 3 nitrogen and oxygen atoms in total. The van der Waals surface area contributed by atoms with Gasteiger partial charge in [0, 0.05) is 12.1 Å². The van der Waals surface area contributed by atoms with Gasteiger partial charge in [-0.05, 0) is 25.0 Å². The average Bonchev–Trinajstić information content (AvgIpc) is 2.79. The summed E-state index contributed by atoms with van der Waals surface area (Å²) in [5, 5.41) is 3.52. The lowest BCUT2D eigenvalue weighted by atomic mass is 10.0. The normalized spacial score (nSPS) is 18.0. The van der Waals surface area contributed by atoms with E-state index in [1.54, 1.807) is 12.1 Å². The second-order valence-electron chi connectivity index (χ2n) is 4.44. The van der Waals surface area contributed by atoms with Crippen LogP contribution in [0.1, 0.15) is 36.2 Å². The van der Waals surface area contributed by atoms with Crippen molar-refractivity contribution in [2.75, 3.05) is 5.88 Å². The molecule has 1 saturated carbocycles. The molecule has 1 aliphatic carbocycles. The molecule has 1 amide bonds. The Kier molecular flexibility index (Phi) is 3.89. The second kappa shape index (κ2) is 5.23. The second-order valence-corrected chi connectivity index (χ2v) is 5.14. The van der Waals surface area contributed by atoms with Gasteiger partial charge in [-0.15, -0.1) is 11.6 Å². The molecule has 0 saturated heterocycles. The Labute approximate surface area is 111 Å². The number of nitrogens with one attached hydrogen (secondary N) is 1. The first kappa shape index (κ1) is 12.7. The summed E-state index contributed by atoms with van der Waals surface area (Å²) in [4.78, 5) is 16.0. The molecule has 2 rings (SSSR count). The fourth-order valence-corrected chi connectivity index (χ4v) is 2.60. The molecule has 1 N–H and O–H groups in total. The van der Waals surface area contributed by atoms with Crippen molar-refractivity contribution in [1.82, 2.24) is 10.3 Å². The lowest BCUT2D eigenvalue weighted by Gasteiger charge is -2.27. The van der Waals surface area contributed by atoms with E-state index < -0.39 is 0 Å². The highest BCUT2D eigenvalue weighted by atomic mass is 35.5. The molecule has 0 aromatic carbocycles. The zero-order valence-corrected chi connectivity index (χ0v) is 10.9. The van der Waals surface area contributed by atoms with Gasteiger partial charge in [0.15, 0.2) is 0 Å². The van der Waals surface area contributed by atoms with Gasteiger partial charge in [0.25, 0.3) is 5.91 Å².